The second-order valence-corrected chi connectivity index (χ2v) is 6.81. The second kappa shape index (κ2) is 7.71. The van der Waals surface area contributed by atoms with Gasteiger partial charge in [-0.15, -0.1) is 21.5 Å². The maximum atomic E-state index is 12.6. The highest BCUT2D eigenvalue weighted by Crippen LogP contribution is 2.19. The van der Waals surface area contributed by atoms with Gasteiger partial charge in [-0.05, 0) is 30.5 Å². The Hall–Kier alpha value is -2.65. The highest BCUT2D eigenvalue weighted by molar-refractivity contribution is 7.07. The van der Waals surface area contributed by atoms with E-state index in [0.717, 1.165) is 19.4 Å². The zero-order valence-corrected chi connectivity index (χ0v) is 14.9. The maximum Gasteiger partial charge on any atom is 0.311 e. The average molecular weight is 370 g/mol. The normalized spacial score (nSPS) is 15.3. The first-order chi connectivity index (χ1) is 12.8. The fraction of sp³-hybridized carbons (Fsp3) is 0.353. The van der Waals surface area contributed by atoms with Gasteiger partial charge in [0, 0.05) is 43.4 Å². The van der Waals surface area contributed by atoms with Crippen LogP contribution < -0.4 is 5.32 Å². The van der Waals surface area contributed by atoms with Crippen LogP contribution in [0.3, 0.4) is 0 Å². The van der Waals surface area contributed by atoms with Crippen LogP contribution in [0, 0.1) is 0 Å². The van der Waals surface area contributed by atoms with Crippen LogP contribution in [0.25, 0.3) is 11.6 Å². The summed E-state index contributed by atoms with van der Waals surface area (Å²) in [6, 6.07) is 4.39. The van der Waals surface area contributed by atoms with Gasteiger partial charge >= 0.3 is 11.8 Å². The quantitative estimate of drug-likeness (QED) is 0.733. The van der Waals surface area contributed by atoms with Crippen molar-refractivity contribution in [1.29, 1.82) is 0 Å². The van der Waals surface area contributed by atoms with Crippen molar-refractivity contribution in [2.75, 3.05) is 13.1 Å². The lowest BCUT2D eigenvalue weighted by Gasteiger charge is -2.31. The predicted octanol–water partition coefficient (Wildman–Crippen LogP) is 1.98. The minimum Gasteiger partial charge on any atom is -0.411 e. The summed E-state index contributed by atoms with van der Waals surface area (Å²) in [5.41, 5.74) is 3.49. The van der Waals surface area contributed by atoms with Gasteiger partial charge in [0.1, 0.15) is 5.69 Å². The third kappa shape index (κ3) is 3.78. The standard InChI is InChI=1S/C17H18N6O2S/c24-17(16-22-21-15(25-16)14-10-26-11-20-14)23-7-3-13(4-8-23)19-9-12-1-5-18-6-2-12/h1-2,5-6,10-11,13,19H,3-4,7-9H2. The van der Waals surface area contributed by atoms with Gasteiger partial charge < -0.3 is 14.6 Å². The number of aromatic nitrogens is 4. The Bertz CT molecular complexity index is 843. The summed E-state index contributed by atoms with van der Waals surface area (Å²) in [6.07, 6.45) is 5.37. The minimum atomic E-state index is -0.216. The Labute approximate surface area is 154 Å². The number of nitrogens with zero attached hydrogens (tertiary/aromatic N) is 5. The maximum absolute atomic E-state index is 12.6. The molecule has 0 unspecified atom stereocenters. The molecule has 26 heavy (non-hydrogen) atoms. The van der Waals surface area contributed by atoms with E-state index in [2.05, 4.69) is 25.5 Å². The van der Waals surface area contributed by atoms with Gasteiger partial charge in [0.25, 0.3) is 5.89 Å². The van der Waals surface area contributed by atoms with E-state index in [1.165, 1.54) is 16.9 Å². The van der Waals surface area contributed by atoms with Crippen molar-refractivity contribution in [2.45, 2.75) is 25.4 Å². The summed E-state index contributed by atoms with van der Waals surface area (Å²) < 4.78 is 5.48. The van der Waals surface area contributed by atoms with Crippen LogP contribution in [0.1, 0.15) is 29.1 Å². The van der Waals surface area contributed by atoms with Gasteiger partial charge in [0.15, 0.2) is 0 Å². The molecule has 8 nitrogen and oxygen atoms in total. The van der Waals surface area contributed by atoms with Gasteiger partial charge in [-0.1, -0.05) is 0 Å². The Balaban J connectivity index is 1.29. The lowest BCUT2D eigenvalue weighted by Crippen LogP contribution is -2.44. The first-order valence-electron chi connectivity index (χ1n) is 8.43. The number of hydrogen-bond acceptors (Lipinski definition) is 8. The highest BCUT2D eigenvalue weighted by atomic mass is 32.1. The number of nitrogens with one attached hydrogen (secondary N) is 1. The van der Waals surface area contributed by atoms with Crippen LogP contribution in [0.4, 0.5) is 0 Å². The molecule has 4 heterocycles. The number of hydrogen-bond donors (Lipinski definition) is 1. The molecular formula is C17H18N6O2S. The summed E-state index contributed by atoms with van der Waals surface area (Å²) in [6.45, 7) is 2.14. The smallest absolute Gasteiger partial charge is 0.311 e. The third-order valence-corrected chi connectivity index (χ3v) is 4.97. The molecule has 4 rings (SSSR count). The molecule has 1 fully saturated rings. The molecule has 1 N–H and O–H groups in total. The Morgan fingerprint density at radius 1 is 1.27 bits per heavy atom. The number of thiazole rings is 1. The molecule has 0 spiro atoms. The topological polar surface area (TPSA) is 97.0 Å². The molecule has 0 saturated carbocycles. The van der Waals surface area contributed by atoms with Crippen LogP contribution in [0.5, 0.6) is 0 Å². The largest absolute Gasteiger partial charge is 0.411 e. The van der Waals surface area contributed by atoms with E-state index < -0.39 is 0 Å². The molecular weight excluding hydrogens is 352 g/mol. The fourth-order valence-electron chi connectivity index (χ4n) is 2.92. The zero-order valence-electron chi connectivity index (χ0n) is 14.0. The number of piperidine rings is 1. The minimum absolute atomic E-state index is 0.0243. The number of likely N-dealkylation sites (tertiary alicyclic amines) is 1. The summed E-state index contributed by atoms with van der Waals surface area (Å²) in [5, 5.41) is 13.1. The monoisotopic (exact) mass is 370 g/mol. The van der Waals surface area contributed by atoms with Gasteiger partial charge in [0.2, 0.25) is 0 Å². The highest BCUT2D eigenvalue weighted by Gasteiger charge is 2.27. The Morgan fingerprint density at radius 3 is 2.81 bits per heavy atom. The number of carbonyl (C=O) groups excluding carboxylic acids is 1. The number of rotatable bonds is 5. The van der Waals surface area contributed by atoms with Gasteiger partial charge in [-0.25, -0.2) is 4.98 Å². The predicted molar refractivity (Wildman–Crippen MR) is 95.4 cm³/mol. The van der Waals surface area contributed by atoms with Gasteiger partial charge in [-0.2, -0.15) is 0 Å². The zero-order chi connectivity index (χ0) is 17.8. The van der Waals surface area contributed by atoms with Crippen LogP contribution in [0.15, 0.2) is 39.8 Å². The molecule has 1 amide bonds. The number of amides is 1. The first-order valence-corrected chi connectivity index (χ1v) is 9.37. The summed E-state index contributed by atoms with van der Waals surface area (Å²) in [7, 11) is 0. The van der Waals surface area contributed by atoms with E-state index in [1.807, 2.05) is 17.5 Å². The van der Waals surface area contributed by atoms with Crippen molar-refractivity contribution in [1.82, 2.24) is 30.4 Å². The van der Waals surface area contributed by atoms with Crippen LogP contribution in [0.2, 0.25) is 0 Å². The van der Waals surface area contributed by atoms with Gasteiger partial charge in [0.05, 0.1) is 5.51 Å². The fourth-order valence-corrected chi connectivity index (χ4v) is 3.44. The number of carbonyl (C=O) groups is 1. The van der Waals surface area contributed by atoms with Crippen molar-refractivity contribution in [3.05, 3.63) is 46.9 Å². The molecule has 0 radical (unpaired) electrons. The van der Waals surface area contributed by atoms with E-state index in [9.17, 15) is 4.79 Å². The van der Waals surface area contributed by atoms with E-state index in [4.69, 9.17) is 4.42 Å². The second-order valence-electron chi connectivity index (χ2n) is 6.09. The Kier molecular flexibility index (Phi) is 4.98. The van der Waals surface area contributed by atoms with Crippen molar-refractivity contribution >= 4 is 17.2 Å². The van der Waals surface area contributed by atoms with Crippen molar-refractivity contribution in [3.63, 3.8) is 0 Å². The summed E-state index contributed by atoms with van der Waals surface area (Å²) in [5.74, 6) is 0.0891. The van der Waals surface area contributed by atoms with Crippen LogP contribution >= 0.6 is 11.3 Å². The molecule has 0 atom stereocenters. The molecule has 1 aliphatic heterocycles. The lowest BCUT2D eigenvalue weighted by molar-refractivity contribution is 0.0665. The lowest BCUT2D eigenvalue weighted by atomic mass is 10.0. The first kappa shape index (κ1) is 16.8. The summed E-state index contributed by atoms with van der Waals surface area (Å²) in [4.78, 5) is 22.5. The van der Waals surface area contributed by atoms with E-state index in [-0.39, 0.29) is 17.7 Å². The molecule has 1 saturated heterocycles. The number of pyridine rings is 1. The molecule has 9 heteroatoms. The molecule has 134 valence electrons. The molecule has 0 aliphatic carbocycles. The third-order valence-electron chi connectivity index (χ3n) is 4.39. The van der Waals surface area contributed by atoms with E-state index in [0.29, 0.717) is 24.8 Å². The van der Waals surface area contributed by atoms with Crippen molar-refractivity contribution in [3.8, 4) is 11.6 Å². The van der Waals surface area contributed by atoms with E-state index >= 15 is 0 Å². The molecule has 0 bridgehead atoms. The SMILES string of the molecule is O=C(c1nnc(-c2cscn2)o1)N1CCC(NCc2ccncc2)CC1. The van der Waals surface area contributed by atoms with Crippen LogP contribution in [-0.4, -0.2) is 50.1 Å². The Morgan fingerprint density at radius 2 is 2.08 bits per heavy atom. The molecule has 1 aliphatic rings. The van der Waals surface area contributed by atoms with Crippen molar-refractivity contribution in [2.24, 2.45) is 0 Å². The molecule has 3 aromatic heterocycles. The summed E-state index contributed by atoms with van der Waals surface area (Å²) >= 11 is 1.44. The van der Waals surface area contributed by atoms with Gasteiger partial charge in [-0.3, -0.25) is 9.78 Å². The average Bonchev–Trinajstić information content (AvgIpc) is 3.38. The van der Waals surface area contributed by atoms with Crippen molar-refractivity contribution < 1.29 is 9.21 Å². The molecule has 0 aromatic carbocycles. The van der Waals surface area contributed by atoms with E-state index in [1.54, 1.807) is 22.8 Å². The molecule has 3 aromatic rings. The van der Waals surface area contributed by atoms with Crippen LogP contribution in [-0.2, 0) is 6.54 Å².